The summed E-state index contributed by atoms with van der Waals surface area (Å²) >= 11 is 17.7. The lowest BCUT2D eigenvalue weighted by Crippen LogP contribution is -2.54. The van der Waals surface area contributed by atoms with Crippen LogP contribution in [0.3, 0.4) is 0 Å². The molecule has 0 spiro atoms. The summed E-state index contributed by atoms with van der Waals surface area (Å²) in [6.45, 7) is 8.25. The fourth-order valence-electron chi connectivity index (χ4n) is 4.04. The molecule has 8 heteroatoms. The van der Waals surface area contributed by atoms with Gasteiger partial charge in [-0.2, -0.15) is 0 Å². The molecule has 4 rings (SSSR count). The molecule has 1 aliphatic rings. The topological polar surface area (TPSA) is 54.3 Å². The van der Waals surface area contributed by atoms with E-state index in [4.69, 9.17) is 35.4 Å². The number of carbonyl (C=O) groups is 2. The van der Waals surface area contributed by atoms with Gasteiger partial charge < -0.3 is 4.57 Å². The summed E-state index contributed by atoms with van der Waals surface area (Å²) < 4.78 is 2.10. The first-order chi connectivity index (χ1) is 16.1. The van der Waals surface area contributed by atoms with E-state index >= 15 is 0 Å². The molecule has 1 aliphatic heterocycles. The highest BCUT2D eigenvalue weighted by molar-refractivity contribution is 7.80. The van der Waals surface area contributed by atoms with Crippen molar-refractivity contribution >= 4 is 64.1 Å². The van der Waals surface area contributed by atoms with Crippen molar-refractivity contribution in [1.82, 2.24) is 9.88 Å². The monoisotopic (exact) mass is 511 g/mol. The Labute approximate surface area is 214 Å². The maximum absolute atomic E-state index is 13.4. The predicted molar refractivity (Wildman–Crippen MR) is 142 cm³/mol. The number of aryl methyl sites for hydroxylation is 1. The lowest BCUT2D eigenvalue weighted by molar-refractivity contribution is -0.122. The van der Waals surface area contributed by atoms with Crippen LogP contribution >= 0.6 is 35.4 Å². The van der Waals surface area contributed by atoms with E-state index in [-0.39, 0.29) is 20.7 Å². The van der Waals surface area contributed by atoms with Crippen molar-refractivity contribution in [3.8, 4) is 5.69 Å². The Kier molecular flexibility index (Phi) is 6.67. The maximum atomic E-state index is 13.4. The summed E-state index contributed by atoms with van der Waals surface area (Å²) in [4.78, 5) is 27.3. The minimum absolute atomic E-state index is 0.0416. The largest absolute Gasteiger partial charge is 0.318 e. The first-order valence-electron chi connectivity index (χ1n) is 10.7. The lowest BCUT2D eigenvalue weighted by atomic mass is 10.0. The van der Waals surface area contributed by atoms with Crippen LogP contribution < -0.4 is 10.2 Å². The number of thiocarbonyl (C=S) groups is 1. The smallest absolute Gasteiger partial charge is 0.270 e. The summed E-state index contributed by atoms with van der Waals surface area (Å²) in [6, 6.07) is 15.2. The van der Waals surface area contributed by atoms with Gasteiger partial charge in [-0.25, -0.2) is 0 Å². The van der Waals surface area contributed by atoms with Crippen molar-refractivity contribution < 1.29 is 9.59 Å². The normalized spacial score (nSPS) is 15.4. The molecule has 0 aliphatic carbocycles. The first-order valence-corrected chi connectivity index (χ1v) is 11.9. The molecular weight excluding hydrogens is 489 g/mol. The number of nitrogens with one attached hydrogen (secondary N) is 1. The van der Waals surface area contributed by atoms with E-state index in [0.29, 0.717) is 11.6 Å². The van der Waals surface area contributed by atoms with Crippen molar-refractivity contribution in [1.29, 1.82) is 0 Å². The number of carbonyl (C=O) groups excluding carboxylic acids is 2. The van der Waals surface area contributed by atoms with Crippen molar-refractivity contribution in [2.45, 2.75) is 33.6 Å². The van der Waals surface area contributed by atoms with Crippen LogP contribution in [-0.2, 0) is 9.59 Å². The van der Waals surface area contributed by atoms with Crippen LogP contribution in [0.5, 0.6) is 0 Å². The molecule has 1 saturated heterocycles. The van der Waals surface area contributed by atoms with Crippen LogP contribution in [0.2, 0.25) is 10.0 Å². The molecule has 0 atom stereocenters. The molecule has 1 aromatic heterocycles. The Bertz CT molecular complexity index is 1360. The SMILES string of the molecule is Cc1cc(/C=C2\C(=O)NC(=S)N(c3cccc(Cl)c3Cl)C2=O)c(C)n1-c1ccc(C(C)C)cc1. The Morgan fingerprint density at radius 2 is 1.71 bits per heavy atom. The Morgan fingerprint density at radius 3 is 2.35 bits per heavy atom. The van der Waals surface area contributed by atoms with E-state index in [9.17, 15) is 9.59 Å². The molecule has 0 bridgehead atoms. The number of rotatable bonds is 4. The van der Waals surface area contributed by atoms with E-state index < -0.39 is 11.8 Å². The molecule has 2 amide bonds. The molecule has 1 fully saturated rings. The number of benzene rings is 2. The van der Waals surface area contributed by atoms with Crippen molar-refractivity contribution in [2.75, 3.05) is 4.90 Å². The fourth-order valence-corrected chi connectivity index (χ4v) is 4.69. The number of hydrogen-bond acceptors (Lipinski definition) is 3. The van der Waals surface area contributed by atoms with E-state index in [2.05, 4.69) is 48.0 Å². The number of anilines is 1. The van der Waals surface area contributed by atoms with Crippen LogP contribution in [0.1, 0.15) is 42.3 Å². The van der Waals surface area contributed by atoms with E-state index in [0.717, 1.165) is 22.6 Å². The summed E-state index contributed by atoms with van der Waals surface area (Å²) in [5.41, 5.74) is 5.18. The van der Waals surface area contributed by atoms with Gasteiger partial charge in [0.1, 0.15) is 5.57 Å². The zero-order valence-corrected chi connectivity index (χ0v) is 21.5. The van der Waals surface area contributed by atoms with Gasteiger partial charge in [0, 0.05) is 17.1 Å². The minimum atomic E-state index is -0.566. The molecule has 3 aromatic rings. The molecule has 0 unspecified atom stereocenters. The third-order valence-corrected chi connectivity index (χ3v) is 6.96. The van der Waals surface area contributed by atoms with Crippen molar-refractivity contribution in [2.24, 2.45) is 0 Å². The van der Waals surface area contributed by atoms with Gasteiger partial charge in [-0.05, 0) is 79.5 Å². The first kappa shape index (κ1) is 24.2. The number of hydrogen-bond donors (Lipinski definition) is 1. The average Bonchev–Trinajstić information content (AvgIpc) is 3.06. The third-order valence-electron chi connectivity index (χ3n) is 5.86. The van der Waals surface area contributed by atoms with E-state index in [1.54, 1.807) is 24.3 Å². The van der Waals surface area contributed by atoms with Crippen molar-refractivity contribution in [3.63, 3.8) is 0 Å². The number of aromatic nitrogens is 1. The fraction of sp³-hybridized carbons (Fsp3) is 0.192. The molecule has 1 N–H and O–H groups in total. The van der Waals surface area contributed by atoms with Crippen LogP contribution in [0.15, 0.2) is 54.1 Å². The molecule has 0 saturated carbocycles. The summed E-state index contributed by atoms with van der Waals surface area (Å²) in [7, 11) is 0. The highest BCUT2D eigenvalue weighted by atomic mass is 35.5. The highest BCUT2D eigenvalue weighted by Crippen LogP contribution is 2.34. The van der Waals surface area contributed by atoms with Gasteiger partial charge in [-0.3, -0.25) is 19.8 Å². The second kappa shape index (κ2) is 9.37. The quantitative estimate of drug-likeness (QED) is 0.252. The van der Waals surface area contributed by atoms with Gasteiger partial charge in [0.15, 0.2) is 5.11 Å². The van der Waals surface area contributed by atoms with Gasteiger partial charge in [0.05, 0.1) is 15.7 Å². The zero-order valence-electron chi connectivity index (χ0n) is 19.1. The van der Waals surface area contributed by atoms with Gasteiger partial charge in [0.2, 0.25) is 0 Å². The molecule has 174 valence electrons. The van der Waals surface area contributed by atoms with E-state index in [1.807, 2.05) is 19.9 Å². The molecule has 2 aromatic carbocycles. The average molecular weight is 512 g/mol. The summed E-state index contributed by atoms with van der Waals surface area (Å²) in [5.74, 6) is -0.682. The highest BCUT2D eigenvalue weighted by Gasteiger charge is 2.36. The van der Waals surface area contributed by atoms with Gasteiger partial charge in [-0.1, -0.05) is 55.2 Å². The molecule has 34 heavy (non-hydrogen) atoms. The Morgan fingerprint density at radius 1 is 1.03 bits per heavy atom. The summed E-state index contributed by atoms with van der Waals surface area (Å²) in [6.07, 6.45) is 1.59. The van der Waals surface area contributed by atoms with Gasteiger partial charge in [-0.15, -0.1) is 0 Å². The Balaban J connectivity index is 1.75. The van der Waals surface area contributed by atoms with Gasteiger partial charge >= 0.3 is 0 Å². The number of nitrogens with zero attached hydrogens (tertiary/aromatic N) is 2. The molecule has 2 heterocycles. The van der Waals surface area contributed by atoms with Gasteiger partial charge in [0.25, 0.3) is 11.8 Å². The van der Waals surface area contributed by atoms with E-state index in [1.165, 1.54) is 10.5 Å². The zero-order chi connectivity index (χ0) is 24.7. The van der Waals surface area contributed by atoms with Crippen LogP contribution in [-0.4, -0.2) is 21.5 Å². The molecule has 0 radical (unpaired) electrons. The van der Waals surface area contributed by atoms with Crippen LogP contribution in [0.25, 0.3) is 11.8 Å². The standard InChI is InChI=1S/C26H23Cl2N3O2S/c1-14(2)17-8-10-19(11-9-17)30-15(3)12-18(16(30)4)13-20-24(32)29-26(34)31(25(20)33)22-7-5-6-21(27)23(22)28/h5-14H,1-4H3,(H,29,32,34)/b20-13+. The second-order valence-electron chi connectivity index (χ2n) is 8.44. The van der Waals surface area contributed by atoms with Crippen LogP contribution in [0, 0.1) is 13.8 Å². The van der Waals surface area contributed by atoms with Crippen molar-refractivity contribution in [3.05, 3.63) is 86.7 Å². The summed E-state index contributed by atoms with van der Waals surface area (Å²) in [5, 5.41) is 3.00. The minimum Gasteiger partial charge on any atom is -0.318 e. The second-order valence-corrected chi connectivity index (χ2v) is 9.61. The number of amides is 2. The third kappa shape index (κ3) is 4.29. The molecule has 5 nitrogen and oxygen atoms in total. The lowest BCUT2D eigenvalue weighted by Gasteiger charge is -2.29. The number of halogens is 2. The molecular formula is C26H23Cl2N3O2S. The Hall–Kier alpha value is -2.93. The predicted octanol–water partition coefficient (Wildman–Crippen LogP) is 6.36. The maximum Gasteiger partial charge on any atom is 0.270 e. The van der Waals surface area contributed by atoms with Crippen LogP contribution in [0.4, 0.5) is 5.69 Å².